The van der Waals surface area contributed by atoms with Crippen LogP contribution in [0.4, 0.5) is 0 Å². The van der Waals surface area contributed by atoms with Gasteiger partial charge in [0, 0.05) is 5.57 Å². The molecule has 0 amide bonds. The monoisotopic (exact) mass is 322 g/mol. The van der Waals surface area contributed by atoms with E-state index >= 15 is 0 Å². The standard InChI is InChI=1S/C15H12Cl2N2O2/c1-7(20)12-8(2)21-15(19)10(6-18)13(12)9-4-3-5-11(16)14(9)17/h3-5,13H,19H2,1-2H3/t13-/m0/s1. The van der Waals surface area contributed by atoms with E-state index in [4.69, 9.17) is 33.7 Å². The molecule has 0 saturated heterocycles. The Morgan fingerprint density at radius 1 is 1.43 bits per heavy atom. The van der Waals surface area contributed by atoms with Gasteiger partial charge < -0.3 is 10.5 Å². The highest BCUT2D eigenvalue weighted by Crippen LogP contribution is 2.43. The first-order valence-electron chi connectivity index (χ1n) is 6.11. The van der Waals surface area contributed by atoms with E-state index in [1.165, 1.54) is 6.92 Å². The fourth-order valence-corrected chi connectivity index (χ4v) is 2.81. The van der Waals surface area contributed by atoms with E-state index < -0.39 is 5.92 Å². The highest BCUT2D eigenvalue weighted by molar-refractivity contribution is 6.42. The zero-order valence-corrected chi connectivity index (χ0v) is 12.9. The maximum absolute atomic E-state index is 12.0. The van der Waals surface area contributed by atoms with Gasteiger partial charge in [0.15, 0.2) is 5.78 Å². The number of carbonyl (C=O) groups excluding carboxylic acids is 1. The predicted molar refractivity (Wildman–Crippen MR) is 80.5 cm³/mol. The first-order chi connectivity index (χ1) is 9.88. The number of rotatable bonds is 2. The van der Waals surface area contributed by atoms with Crippen molar-refractivity contribution in [2.24, 2.45) is 5.73 Å². The highest BCUT2D eigenvalue weighted by atomic mass is 35.5. The predicted octanol–water partition coefficient (Wildman–Crippen LogP) is 3.66. The molecule has 0 aliphatic carbocycles. The van der Waals surface area contributed by atoms with Crippen molar-refractivity contribution >= 4 is 29.0 Å². The van der Waals surface area contributed by atoms with Gasteiger partial charge in [0.25, 0.3) is 0 Å². The molecule has 1 atom stereocenters. The van der Waals surface area contributed by atoms with E-state index in [1.807, 2.05) is 6.07 Å². The molecule has 0 spiro atoms. The van der Waals surface area contributed by atoms with Gasteiger partial charge in [-0.15, -0.1) is 0 Å². The molecule has 1 aromatic carbocycles. The Bertz CT molecular complexity index is 730. The average molecular weight is 323 g/mol. The number of hydrogen-bond acceptors (Lipinski definition) is 4. The Hall–Kier alpha value is -1.96. The molecule has 0 aromatic heterocycles. The van der Waals surface area contributed by atoms with Crippen LogP contribution in [0.25, 0.3) is 0 Å². The van der Waals surface area contributed by atoms with E-state index in [9.17, 15) is 10.1 Å². The summed E-state index contributed by atoms with van der Waals surface area (Å²) in [5.74, 6) is -0.553. The van der Waals surface area contributed by atoms with Crippen molar-refractivity contribution < 1.29 is 9.53 Å². The van der Waals surface area contributed by atoms with E-state index in [-0.39, 0.29) is 22.3 Å². The van der Waals surface area contributed by atoms with Gasteiger partial charge in [0.2, 0.25) is 5.88 Å². The van der Waals surface area contributed by atoms with Crippen LogP contribution in [0.5, 0.6) is 0 Å². The van der Waals surface area contributed by atoms with Crippen molar-refractivity contribution in [3.63, 3.8) is 0 Å². The summed E-state index contributed by atoms with van der Waals surface area (Å²) >= 11 is 12.3. The number of allylic oxidation sites excluding steroid dienone is 3. The van der Waals surface area contributed by atoms with Gasteiger partial charge >= 0.3 is 0 Å². The summed E-state index contributed by atoms with van der Waals surface area (Å²) < 4.78 is 5.30. The zero-order chi connectivity index (χ0) is 15.7. The highest BCUT2D eigenvalue weighted by Gasteiger charge is 2.35. The topological polar surface area (TPSA) is 76.1 Å². The summed E-state index contributed by atoms with van der Waals surface area (Å²) in [5.41, 5.74) is 6.82. The second kappa shape index (κ2) is 5.80. The molecule has 1 aliphatic rings. The molecule has 2 N–H and O–H groups in total. The number of ether oxygens (including phenoxy) is 1. The molecule has 4 nitrogen and oxygen atoms in total. The lowest BCUT2D eigenvalue weighted by atomic mass is 9.81. The SMILES string of the molecule is CC(=O)C1=C(C)OC(N)=C(C#N)[C@@H]1c1cccc(Cl)c1Cl. The van der Waals surface area contributed by atoms with Crippen LogP contribution in [0.1, 0.15) is 25.3 Å². The third-order valence-corrected chi connectivity index (χ3v) is 4.11. The van der Waals surface area contributed by atoms with Crippen molar-refractivity contribution in [2.75, 3.05) is 0 Å². The number of nitrogens with zero attached hydrogens (tertiary/aromatic N) is 1. The van der Waals surface area contributed by atoms with Gasteiger partial charge in [-0.05, 0) is 25.5 Å². The summed E-state index contributed by atoms with van der Waals surface area (Å²) in [6.07, 6.45) is 0. The third kappa shape index (κ3) is 2.63. The number of nitrogens with two attached hydrogens (primary N) is 1. The maximum Gasteiger partial charge on any atom is 0.205 e. The van der Waals surface area contributed by atoms with Crippen LogP contribution >= 0.6 is 23.2 Å². The number of benzene rings is 1. The smallest absolute Gasteiger partial charge is 0.205 e. The average Bonchev–Trinajstić information content (AvgIpc) is 2.40. The summed E-state index contributed by atoms with van der Waals surface area (Å²) in [7, 11) is 0. The fourth-order valence-electron chi connectivity index (χ4n) is 2.39. The fraction of sp³-hybridized carbons (Fsp3) is 0.200. The minimum atomic E-state index is -0.674. The van der Waals surface area contributed by atoms with Crippen molar-refractivity contribution in [1.29, 1.82) is 5.26 Å². The Labute approximate surface area is 132 Å². The van der Waals surface area contributed by atoms with Gasteiger partial charge in [-0.1, -0.05) is 35.3 Å². The number of nitriles is 1. The molecule has 0 unspecified atom stereocenters. The van der Waals surface area contributed by atoms with Crippen LogP contribution in [0.3, 0.4) is 0 Å². The Morgan fingerprint density at radius 3 is 2.67 bits per heavy atom. The van der Waals surface area contributed by atoms with Crippen molar-refractivity contribution in [3.05, 3.63) is 56.6 Å². The first kappa shape index (κ1) is 15.4. The summed E-state index contributed by atoms with van der Waals surface area (Å²) in [6.45, 7) is 3.04. The second-order valence-corrected chi connectivity index (χ2v) is 5.38. The second-order valence-electron chi connectivity index (χ2n) is 4.59. The number of Topliss-reactive ketones (excluding diaryl/α,β-unsaturated/α-hetero) is 1. The number of ketones is 1. The van der Waals surface area contributed by atoms with Crippen LogP contribution in [0.15, 0.2) is 41.0 Å². The van der Waals surface area contributed by atoms with Crippen molar-refractivity contribution in [1.82, 2.24) is 0 Å². The largest absolute Gasteiger partial charge is 0.445 e. The van der Waals surface area contributed by atoms with E-state index in [1.54, 1.807) is 25.1 Å². The Kier molecular flexibility index (Phi) is 4.26. The zero-order valence-electron chi connectivity index (χ0n) is 11.4. The molecule has 21 heavy (non-hydrogen) atoms. The van der Waals surface area contributed by atoms with Gasteiger partial charge in [-0.25, -0.2) is 0 Å². The molecule has 0 fully saturated rings. The molecular weight excluding hydrogens is 311 g/mol. The van der Waals surface area contributed by atoms with Gasteiger partial charge in [0.05, 0.1) is 16.0 Å². The number of hydrogen-bond donors (Lipinski definition) is 1. The van der Waals surface area contributed by atoms with E-state index in [0.717, 1.165) is 0 Å². The molecular formula is C15H12Cl2N2O2. The maximum atomic E-state index is 12.0. The molecule has 1 heterocycles. The molecule has 1 aliphatic heterocycles. The van der Waals surface area contributed by atoms with E-state index in [2.05, 4.69) is 0 Å². The molecule has 1 aromatic rings. The van der Waals surface area contributed by atoms with Crippen LogP contribution in [0, 0.1) is 11.3 Å². The van der Waals surface area contributed by atoms with Crippen LogP contribution in [-0.2, 0) is 9.53 Å². The lowest BCUT2D eigenvalue weighted by molar-refractivity contribution is -0.114. The summed E-state index contributed by atoms with van der Waals surface area (Å²) in [5, 5.41) is 10.00. The summed E-state index contributed by atoms with van der Waals surface area (Å²) in [4.78, 5) is 12.0. The molecule has 0 bridgehead atoms. The molecule has 2 rings (SSSR count). The van der Waals surface area contributed by atoms with Crippen LogP contribution in [-0.4, -0.2) is 5.78 Å². The lowest BCUT2D eigenvalue weighted by Gasteiger charge is -2.27. The molecule has 6 heteroatoms. The van der Waals surface area contributed by atoms with Crippen LogP contribution in [0.2, 0.25) is 10.0 Å². The quantitative estimate of drug-likeness (QED) is 0.901. The summed E-state index contributed by atoms with van der Waals surface area (Å²) in [6, 6.07) is 7.05. The number of halogens is 2. The molecule has 108 valence electrons. The Balaban J connectivity index is 2.75. The molecule has 0 saturated carbocycles. The molecule has 0 radical (unpaired) electrons. The van der Waals surface area contributed by atoms with Crippen molar-refractivity contribution in [2.45, 2.75) is 19.8 Å². The lowest BCUT2D eigenvalue weighted by Crippen LogP contribution is -2.23. The van der Waals surface area contributed by atoms with Crippen molar-refractivity contribution in [3.8, 4) is 6.07 Å². The third-order valence-electron chi connectivity index (χ3n) is 3.28. The van der Waals surface area contributed by atoms with Gasteiger partial charge in [0.1, 0.15) is 17.4 Å². The van der Waals surface area contributed by atoms with E-state index in [0.29, 0.717) is 21.9 Å². The van der Waals surface area contributed by atoms with Gasteiger partial charge in [-0.3, -0.25) is 4.79 Å². The van der Waals surface area contributed by atoms with Crippen LogP contribution < -0.4 is 5.73 Å². The first-order valence-corrected chi connectivity index (χ1v) is 6.87. The normalized spacial score (nSPS) is 18.3. The minimum absolute atomic E-state index is 0.0268. The number of carbonyl (C=O) groups is 1. The minimum Gasteiger partial charge on any atom is -0.445 e. The van der Waals surface area contributed by atoms with Gasteiger partial charge in [-0.2, -0.15) is 5.26 Å². The Morgan fingerprint density at radius 2 is 2.10 bits per heavy atom.